The van der Waals surface area contributed by atoms with Gasteiger partial charge in [-0.1, -0.05) is 0 Å². The largest absolute Gasteiger partial charge is 0.396 e. The van der Waals surface area contributed by atoms with E-state index in [9.17, 15) is 4.79 Å². The lowest BCUT2D eigenvalue weighted by Gasteiger charge is -2.59. The van der Waals surface area contributed by atoms with E-state index in [-0.39, 0.29) is 59.2 Å². The summed E-state index contributed by atoms with van der Waals surface area (Å²) in [6.07, 6.45) is 1.19. The Balaban J connectivity index is 1.83. The molecule has 10 nitrogen and oxygen atoms in total. The molecule has 0 aliphatic heterocycles. The number of fused-ring (bicyclic) bond motifs is 5. The summed E-state index contributed by atoms with van der Waals surface area (Å²) < 4.78 is 0. The van der Waals surface area contributed by atoms with Crippen LogP contribution in [-0.2, 0) is 4.79 Å². The zero-order valence-electron chi connectivity index (χ0n) is 18.4. The lowest BCUT2D eigenvalue weighted by atomic mass is 9.49. The molecule has 0 saturated heterocycles. The van der Waals surface area contributed by atoms with Crippen molar-refractivity contribution < 1.29 is 4.79 Å². The van der Waals surface area contributed by atoms with Crippen molar-refractivity contribution in [1.82, 2.24) is 0 Å². The van der Waals surface area contributed by atoms with Crippen LogP contribution in [0.25, 0.3) is 0 Å². The van der Waals surface area contributed by atoms with Crippen LogP contribution in [0.1, 0.15) is 19.3 Å². The van der Waals surface area contributed by atoms with E-state index in [1.54, 1.807) is 0 Å². The first-order chi connectivity index (χ1) is 15.2. The average molecular weight is 442 g/mol. The van der Waals surface area contributed by atoms with Crippen LogP contribution in [-0.4, -0.2) is 74.6 Å². The number of carbonyl (C=O) groups excluding carboxylic acids is 1. The van der Waals surface area contributed by atoms with Crippen LogP contribution in [0.4, 0.5) is 0 Å². The smallest absolute Gasteiger partial charge is 0.204 e. The van der Waals surface area contributed by atoms with Gasteiger partial charge in [-0.05, 0) is 69.5 Å². The Bertz CT molecular complexity index is 879. The lowest BCUT2D eigenvalue weighted by Crippen LogP contribution is -2.69. The summed E-state index contributed by atoms with van der Waals surface area (Å²) in [4.78, 5) is 29.5. The van der Waals surface area contributed by atoms with Crippen LogP contribution in [0.3, 0.4) is 0 Å². The molecule has 3 fully saturated rings. The van der Waals surface area contributed by atoms with E-state index >= 15 is 0 Å². The van der Waals surface area contributed by atoms with E-state index in [1.807, 2.05) is 0 Å². The second-order valence-electron chi connectivity index (χ2n) is 9.93. The number of nitrogens with two attached hydrogens (primary N) is 5. The molecule has 10 N–H and O–H groups in total. The van der Waals surface area contributed by atoms with E-state index in [1.165, 1.54) is 0 Å². The second kappa shape index (κ2) is 7.95. The summed E-state index contributed by atoms with van der Waals surface area (Å²) in [6, 6.07) is -2.08. The number of aliphatic imine (C=N–C) groups is 4. The molecule has 4 aliphatic rings. The molecule has 0 amide bonds. The molecule has 0 aromatic heterocycles. The van der Waals surface area contributed by atoms with Crippen LogP contribution in [0.15, 0.2) is 31.2 Å². The van der Waals surface area contributed by atoms with Crippen molar-refractivity contribution in [1.29, 1.82) is 0 Å². The standard InChI is InChI=1S/C22H35N9O/c1-28-12-5-8-13(18(26)19(29-2)20(32)17(8)25)15-11(24)7-22(27)9(14(12)15)6-10(23)16(22)21(30-3)31-4/h9-16,18-19,21H,1-7,23-27H2/t9?,10?,11?,12-,13?,14?,15?,16-,18?,19?,22?/m1/s1. The fourth-order valence-corrected chi connectivity index (χ4v) is 7.61. The van der Waals surface area contributed by atoms with E-state index in [2.05, 4.69) is 46.8 Å². The summed E-state index contributed by atoms with van der Waals surface area (Å²) in [7, 11) is 0. The molecule has 0 spiro atoms. The third-order valence-electron chi connectivity index (χ3n) is 8.77. The van der Waals surface area contributed by atoms with Crippen molar-refractivity contribution in [2.45, 2.75) is 61.2 Å². The van der Waals surface area contributed by atoms with Gasteiger partial charge >= 0.3 is 0 Å². The molecule has 9 unspecified atom stereocenters. The van der Waals surface area contributed by atoms with Crippen molar-refractivity contribution in [2.24, 2.45) is 78.2 Å². The summed E-state index contributed by atoms with van der Waals surface area (Å²) >= 11 is 0. The predicted octanol–water partition coefficient (Wildman–Crippen LogP) is -1.38. The molecule has 4 aliphatic carbocycles. The highest BCUT2D eigenvalue weighted by molar-refractivity contribution is 6.01. The molecule has 0 radical (unpaired) electrons. The third kappa shape index (κ3) is 2.89. The number of carbonyl (C=O) groups is 1. The molecule has 3 saturated carbocycles. The molecular formula is C22H35N9O. The van der Waals surface area contributed by atoms with Crippen molar-refractivity contribution >= 4 is 32.7 Å². The van der Waals surface area contributed by atoms with Gasteiger partial charge in [-0.3, -0.25) is 24.8 Å². The Morgan fingerprint density at radius 2 is 1.66 bits per heavy atom. The molecule has 174 valence electrons. The summed E-state index contributed by atoms with van der Waals surface area (Å²) in [6.45, 7) is 14.8. The van der Waals surface area contributed by atoms with Gasteiger partial charge < -0.3 is 28.7 Å². The molecular weight excluding hydrogens is 406 g/mol. The Morgan fingerprint density at radius 3 is 2.22 bits per heavy atom. The normalized spacial score (nSPS) is 48.0. The maximum absolute atomic E-state index is 12.8. The first kappa shape index (κ1) is 22.9. The molecule has 0 bridgehead atoms. The van der Waals surface area contributed by atoms with Gasteiger partial charge in [0.2, 0.25) is 5.78 Å². The van der Waals surface area contributed by atoms with Gasteiger partial charge in [0.15, 0.2) is 0 Å². The van der Waals surface area contributed by atoms with Gasteiger partial charge in [-0.2, -0.15) is 0 Å². The molecule has 10 heteroatoms. The SMILES string of the molecule is C=NC1C(=O)C(N)=C2C[C@@H](N=C)C3C(C(N)CC4(N)C3CC(N)[C@@H]4C(N=C)N=C)C2C1N. The third-order valence-corrected chi connectivity index (χ3v) is 8.77. The Hall–Kier alpha value is -2.27. The van der Waals surface area contributed by atoms with Crippen molar-refractivity contribution in [3.63, 3.8) is 0 Å². The summed E-state index contributed by atoms with van der Waals surface area (Å²) in [5.74, 6) is -0.800. The summed E-state index contributed by atoms with van der Waals surface area (Å²) in [5.41, 5.74) is 33.8. The number of rotatable bonds is 5. The monoisotopic (exact) mass is 441 g/mol. The van der Waals surface area contributed by atoms with Crippen LogP contribution in [0.2, 0.25) is 0 Å². The van der Waals surface area contributed by atoms with Gasteiger partial charge in [0, 0.05) is 35.5 Å². The van der Waals surface area contributed by atoms with Gasteiger partial charge in [-0.15, -0.1) is 0 Å². The van der Waals surface area contributed by atoms with E-state index < -0.39 is 23.8 Å². The number of hydrogen-bond acceptors (Lipinski definition) is 10. The minimum absolute atomic E-state index is 0.0107. The number of Topliss-reactive ketones (excluding diaryl/α,β-unsaturated/α-hetero) is 1. The van der Waals surface area contributed by atoms with Gasteiger partial charge in [0.05, 0.1) is 11.7 Å². The molecule has 4 rings (SSSR count). The summed E-state index contributed by atoms with van der Waals surface area (Å²) in [5, 5.41) is 0. The Labute approximate surface area is 188 Å². The van der Waals surface area contributed by atoms with Crippen LogP contribution in [0, 0.1) is 29.6 Å². The fraction of sp³-hybridized carbons (Fsp3) is 0.682. The van der Waals surface area contributed by atoms with E-state index in [0.29, 0.717) is 19.3 Å². The number of ketones is 1. The first-order valence-corrected chi connectivity index (χ1v) is 11.1. The average Bonchev–Trinajstić information content (AvgIpc) is 3.02. The highest BCUT2D eigenvalue weighted by Crippen LogP contribution is 2.60. The first-order valence-electron chi connectivity index (χ1n) is 11.1. The molecule has 0 aromatic rings. The molecule has 32 heavy (non-hydrogen) atoms. The minimum Gasteiger partial charge on any atom is -0.396 e. The molecule has 11 atom stereocenters. The van der Waals surface area contributed by atoms with Crippen LogP contribution < -0.4 is 28.7 Å². The zero-order chi connectivity index (χ0) is 23.5. The minimum atomic E-state index is -0.785. The highest BCUT2D eigenvalue weighted by Gasteiger charge is 2.66. The van der Waals surface area contributed by atoms with Crippen molar-refractivity contribution in [3.8, 4) is 0 Å². The van der Waals surface area contributed by atoms with Crippen LogP contribution >= 0.6 is 0 Å². The number of nitrogens with zero attached hydrogens (tertiary/aromatic N) is 4. The predicted molar refractivity (Wildman–Crippen MR) is 128 cm³/mol. The topological polar surface area (TPSA) is 197 Å². The van der Waals surface area contributed by atoms with Gasteiger partial charge in [0.25, 0.3) is 0 Å². The maximum Gasteiger partial charge on any atom is 0.204 e. The molecule has 0 aromatic carbocycles. The zero-order valence-corrected chi connectivity index (χ0v) is 18.4. The lowest BCUT2D eigenvalue weighted by molar-refractivity contribution is -0.119. The van der Waals surface area contributed by atoms with Gasteiger partial charge in [0.1, 0.15) is 12.2 Å². The maximum atomic E-state index is 12.8. The Morgan fingerprint density at radius 1 is 1.00 bits per heavy atom. The molecule has 0 heterocycles. The second-order valence-corrected chi connectivity index (χ2v) is 9.93. The fourth-order valence-electron chi connectivity index (χ4n) is 7.61. The van der Waals surface area contributed by atoms with E-state index in [0.717, 1.165) is 5.57 Å². The Kier molecular flexibility index (Phi) is 5.69. The highest BCUT2D eigenvalue weighted by atomic mass is 16.1. The van der Waals surface area contributed by atoms with E-state index in [4.69, 9.17) is 28.7 Å². The van der Waals surface area contributed by atoms with Crippen molar-refractivity contribution in [3.05, 3.63) is 11.3 Å². The number of hydrogen-bond donors (Lipinski definition) is 5. The van der Waals surface area contributed by atoms with Gasteiger partial charge in [-0.25, -0.2) is 0 Å². The quantitative estimate of drug-likeness (QED) is 0.326. The van der Waals surface area contributed by atoms with Crippen molar-refractivity contribution in [2.75, 3.05) is 0 Å². The van der Waals surface area contributed by atoms with Crippen LogP contribution in [0.5, 0.6) is 0 Å².